The van der Waals surface area contributed by atoms with Crippen molar-refractivity contribution in [2.45, 2.75) is 71.8 Å². The predicted molar refractivity (Wildman–Crippen MR) is 84.0 cm³/mol. The lowest BCUT2D eigenvalue weighted by Gasteiger charge is -2.41. The second kappa shape index (κ2) is 5.57. The molecule has 1 aliphatic heterocycles. The molecule has 3 aliphatic rings. The fraction of sp³-hybridized carbons (Fsp3) is 0.944. The minimum atomic E-state index is 0.0208. The maximum absolute atomic E-state index is 12.3. The molecule has 3 fully saturated rings. The van der Waals surface area contributed by atoms with Gasteiger partial charge in [0.25, 0.3) is 0 Å². The number of esters is 1. The van der Waals surface area contributed by atoms with Gasteiger partial charge in [0.05, 0.1) is 6.42 Å². The van der Waals surface area contributed by atoms with Crippen LogP contribution in [-0.2, 0) is 9.53 Å². The first-order valence-electron chi connectivity index (χ1n) is 8.84. The third kappa shape index (κ3) is 2.86. The van der Waals surface area contributed by atoms with Crippen molar-refractivity contribution >= 4 is 5.97 Å². The summed E-state index contributed by atoms with van der Waals surface area (Å²) in [5.41, 5.74) is 0.392. The molecule has 0 unspecified atom stereocenters. The normalized spacial score (nSPS) is 38.6. The van der Waals surface area contributed by atoms with Crippen molar-refractivity contribution in [3.8, 4) is 0 Å². The van der Waals surface area contributed by atoms with E-state index >= 15 is 0 Å². The summed E-state index contributed by atoms with van der Waals surface area (Å²) in [5, 5.41) is 0. The molecule has 2 saturated carbocycles. The van der Waals surface area contributed by atoms with E-state index in [1.165, 1.54) is 38.5 Å². The van der Waals surface area contributed by atoms with Crippen LogP contribution in [0.1, 0.15) is 65.7 Å². The van der Waals surface area contributed by atoms with Crippen molar-refractivity contribution in [1.82, 2.24) is 4.90 Å². The molecule has 0 radical (unpaired) electrons. The minimum Gasteiger partial charge on any atom is -0.461 e. The van der Waals surface area contributed by atoms with Gasteiger partial charge in [0.2, 0.25) is 0 Å². The number of hydrogen-bond acceptors (Lipinski definition) is 3. The lowest BCUT2D eigenvalue weighted by molar-refractivity contribution is -0.165. The van der Waals surface area contributed by atoms with Crippen LogP contribution in [0, 0.1) is 16.7 Å². The minimum absolute atomic E-state index is 0.0208. The Morgan fingerprint density at radius 1 is 1.19 bits per heavy atom. The molecule has 3 atom stereocenters. The average molecular weight is 293 g/mol. The van der Waals surface area contributed by atoms with Gasteiger partial charge in [0, 0.05) is 17.4 Å². The smallest absolute Gasteiger partial charge is 0.307 e. The fourth-order valence-electron chi connectivity index (χ4n) is 5.17. The van der Waals surface area contributed by atoms with Crippen molar-refractivity contribution in [3.05, 3.63) is 0 Å². The first-order chi connectivity index (χ1) is 9.92. The van der Waals surface area contributed by atoms with Crippen molar-refractivity contribution < 1.29 is 9.53 Å². The van der Waals surface area contributed by atoms with Crippen LogP contribution < -0.4 is 0 Å². The zero-order chi connectivity index (χ0) is 15.1. The summed E-state index contributed by atoms with van der Waals surface area (Å²) in [7, 11) is 0. The molecule has 120 valence electrons. The Bertz CT molecular complexity index is 395. The van der Waals surface area contributed by atoms with Crippen LogP contribution in [0.4, 0.5) is 0 Å². The lowest BCUT2D eigenvalue weighted by Crippen LogP contribution is -2.44. The van der Waals surface area contributed by atoms with Crippen LogP contribution in [0.2, 0.25) is 0 Å². The number of nitrogens with zero attached hydrogens (tertiary/aromatic N) is 1. The number of likely N-dealkylation sites (tertiary alicyclic amines) is 1. The summed E-state index contributed by atoms with van der Waals surface area (Å²) in [6.07, 6.45) is 8.37. The van der Waals surface area contributed by atoms with Crippen LogP contribution in [-0.4, -0.2) is 36.6 Å². The van der Waals surface area contributed by atoms with Crippen molar-refractivity contribution in [2.75, 3.05) is 19.6 Å². The van der Waals surface area contributed by atoms with E-state index in [0.29, 0.717) is 6.42 Å². The molecule has 2 aliphatic carbocycles. The van der Waals surface area contributed by atoms with Crippen LogP contribution in [0.15, 0.2) is 0 Å². The van der Waals surface area contributed by atoms with Gasteiger partial charge in [-0.2, -0.15) is 0 Å². The van der Waals surface area contributed by atoms with Gasteiger partial charge in [-0.15, -0.1) is 0 Å². The Hall–Kier alpha value is -0.570. The molecule has 0 N–H and O–H groups in total. The largest absolute Gasteiger partial charge is 0.461 e. The predicted octanol–water partition coefficient (Wildman–Crippen LogP) is 3.62. The van der Waals surface area contributed by atoms with Gasteiger partial charge in [-0.25, -0.2) is 0 Å². The molecular weight excluding hydrogens is 262 g/mol. The first-order valence-corrected chi connectivity index (χ1v) is 8.84. The SMILES string of the molecule is CC1(C)[C@H]2CC[C@](C)(C2)[C@H]1OC(=O)CCN1CCCCC1. The quantitative estimate of drug-likeness (QED) is 0.741. The summed E-state index contributed by atoms with van der Waals surface area (Å²) in [6.45, 7) is 10.1. The Balaban J connectivity index is 1.52. The summed E-state index contributed by atoms with van der Waals surface area (Å²) in [4.78, 5) is 14.7. The maximum atomic E-state index is 12.3. The second-order valence-electron chi connectivity index (χ2n) is 8.44. The van der Waals surface area contributed by atoms with Crippen LogP contribution in [0.5, 0.6) is 0 Å². The van der Waals surface area contributed by atoms with E-state index in [9.17, 15) is 4.79 Å². The Labute approximate surface area is 129 Å². The van der Waals surface area contributed by atoms with Gasteiger partial charge in [-0.3, -0.25) is 4.79 Å². The molecule has 2 bridgehead atoms. The van der Waals surface area contributed by atoms with E-state index < -0.39 is 0 Å². The highest BCUT2D eigenvalue weighted by atomic mass is 16.5. The fourth-order valence-corrected chi connectivity index (χ4v) is 5.17. The second-order valence-corrected chi connectivity index (χ2v) is 8.44. The van der Waals surface area contributed by atoms with E-state index in [1.54, 1.807) is 0 Å². The highest BCUT2D eigenvalue weighted by Gasteiger charge is 2.61. The zero-order valence-corrected chi connectivity index (χ0v) is 14.0. The highest BCUT2D eigenvalue weighted by molar-refractivity contribution is 5.70. The van der Waals surface area contributed by atoms with Gasteiger partial charge in [-0.05, 0) is 51.1 Å². The topological polar surface area (TPSA) is 29.5 Å². The molecule has 3 nitrogen and oxygen atoms in total. The summed E-state index contributed by atoms with van der Waals surface area (Å²) in [6, 6.07) is 0. The molecule has 21 heavy (non-hydrogen) atoms. The van der Waals surface area contributed by atoms with E-state index in [1.807, 2.05) is 0 Å². The van der Waals surface area contributed by atoms with Gasteiger partial charge in [0.15, 0.2) is 0 Å². The van der Waals surface area contributed by atoms with Crippen molar-refractivity contribution in [3.63, 3.8) is 0 Å². The Kier molecular flexibility index (Phi) is 4.06. The number of carbonyl (C=O) groups excluding carboxylic acids is 1. The number of carbonyl (C=O) groups is 1. The monoisotopic (exact) mass is 293 g/mol. The van der Waals surface area contributed by atoms with Crippen LogP contribution >= 0.6 is 0 Å². The summed E-state index contributed by atoms with van der Waals surface area (Å²) in [5.74, 6) is 0.759. The van der Waals surface area contributed by atoms with Gasteiger partial charge in [-0.1, -0.05) is 27.2 Å². The molecule has 1 saturated heterocycles. The standard InChI is InChI=1S/C18H31NO2/c1-17(2)14-7-9-18(3,13-14)16(17)21-15(20)8-12-19-10-5-4-6-11-19/h14,16H,4-13H2,1-3H3/t14-,16-,18+/m0/s1. The van der Waals surface area contributed by atoms with Crippen LogP contribution in [0.25, 0.3) is 0 Å². The van der Waals surface area contributed by atoms with Gasteiger partial charge >= 0.3 is 5.97 Å². The summed E-state index contributed by atoms with van der Waals surface area (Å²) < 4.78 is 5.99. The molecule has 0 aromatic carbocycles. The lowest BCUT2D eigenvalue weighted by atomic mass is 9.70. The van der Waals surface area contributed by atoms with E-state index in [2.05, 4.69) is 25.7 Å². The number of rotatable bonds is 4. The van der Waals surface area contributed by atoms with Gasteiger partial charge in [0.1, 0.15) is 6.10 Å². The third-order valence-corrected chi connectivity index (χ3v) is 6.47. The number of hydrogen-bond donors (Lipinski definition) is 0. The van der Waals surface area contributed by atoms with E-state index in [-0.39, 0.29) is 22.9 Å². The first kappa shape index (κ1) is 15.3. The maximum Gasteiger partial charge on any atom is 0.307 e. The molecular formula is C18H31NO2. The molecule has 0 aromatic rings. The highest BCUT2D eigenvalue weighted by Crippen LogP contribution is 2.63. The van der Waals surface area contributed by atoms with Crippen LogP contribution in [0.3, 0.4) is 0 Å². The Morgan fingerprint density at radius 2 is 1.90 bits per heavy atom. The van der Waals surface area contributed by atoms with Gasteiger partial charge < -0.3 is 9.64 Å². The molecule has 0 aromatic heterocycles. The third-order valence-electron chi connectivity index (χ3n) is 6.47. The molecule has 0 spiro atoms. The number of piperidine rings is 1. The molecule has 1 heterocycles. The average Bonchev–Trinajstić information content (AvgIpc) is 2.94. The number of ether oxygens (including phenoxy) is 1. The zero-order valence-electron chi connectivity index (χ0n) is 14.0. The molecule has 0 amide bonds. The van der Waals surface area contributed by atoms with Crippen molar-refractivity contribution in [2.24, 2.45) is 16.7 Å². The van der Waals surface area contributed by atoms with E-state index in [4.69, 9.17) is 4.74 Å². The molecule has 3 rings (SSSR count). The molecule has 3 heteroatoms. The number of fused-ring (bicyclic) bond motifs is 2. The van der Waals surface area contributed by atoms with E-state index in [0.717, 1.165) is 25.6 Å². The Morgan fingerprint density at radius 3 is 2.52 bits per heavy atom. The van der Waals surface area contributed by atoms with Crippen molar-refractivity contribution in [1.29, 1.82) is 0 Å². The summed E-state index contributed by atoms with van der Waals surface area (Å²) >= 11 is 0.